The first kappa shape index (κ1) is 12.5. The van der Waals surface area contributed by atoms with E-state index in [0.29, 0.717) is 18.6 Å². The fraction of sp³-hybridized carbons (Fsp3) is 0.533. The Balaban J connectivity index is 1.73. The minimum atomic E-state index is 0.234. The van der Waals surface area contributed by atoms with E-state index < -0.39 is 0 Å². The molecule has 1 aliphatic heterocycles. The monoisotopic (exact) mass is 260 g/mol. The number of nitrogens with one attached hydrogen (secondary N) is 1. The maximum Gasteiger partial charge on any atom is 0.227 e. The fourth-order valence-corrected chi connectivity index (χ4v) is 2.83. The van der Waals surface area contributed by atoms with Crippen molar-refractivity contribution in [1.29, 1.82) is 0 Å². The molecule has 4 heteroatoms. The van der Waals surface area contributed by atoms with E-state index in [1.807, 2.05) is 23.1 Å². The van der Waals surface area contributed by atoms with Gasteiger partial charge in [0.05, 0.1) is 17.5 Å². The van der Waals surface area contributed by atoms with Crippen molar-refractivity contribution in [2.24, 2.45) is 0 Å². The second kappa shape index (κ2) is 5.21. The SMILES string of the molecule is COC1CC(Nc2ccccc2N2CCCC2=O)C1. The minimum Gasteiger partial charge on any atom is -0.381 e. The van der Waals surface area contributed by atoms with Gasteiger partial charge in [0, 0.05) is 26.1 Å². The van der Waals surface area contributed by atoms with E-state index in [9.17, 15) is 4.79 Å². The Morgan fingerprint density at radius 1 is 1.32 bits per heavy atom. The van der Waals surface area contributed by atoms with Crippen LogP contribution in [0.5, 0.6) is 0 Å². The average molecular weight is 260 g/mol. The summed E-state index contributed by atoms with van der Waals surface area (Å²) in [4.78, 5) is 13.8. The van der Waals surface area contributed by atoms with Crippen LogP contribution in [0.4, 0.5) is 11.4 Å². The van der Waals surface area contributed by atoms with Gasteiger partial charge in [-0.25, -0.2) is 0 Å². The van der Waals surface area contributed by atoms with E-state index in [4.69, 9.17) is 4.74 Å². The highest BCUT2D eigenvalue weighted by atomic mass is 16.5. The zero-order valence-corrected chi connectivity index (χ0v) is 11.3. The lowest BCUT2D eigenvalue weighted by Crippen LogP contribution is -2.40. The lowest BCUT2D eigenvalue weighted by atomic mass is 9.89. The molecule has 102 valence electrons. The molecule has 4 nitrogen and oxygen atoms in total. The Kier molecular flexibility index (Phi) is 3.42. The highest BCUT2D eigenvalue weighted by Crippen LogP contribution is 2.33. The third kappa shape index (κ3) is 2.45. The molecule has 2 fully saturated rings. The molecular formula is C15H20N2O2. The third-order valence-corrected chi connectivity index (χ3v) is 4.06. The first-order valence-corrected chi connectivity index (χ1v) is 6.96. The van der Waals surface area contributed by atoms with Gasteiger partial charge in [-0.3, -0.25) is 4.79 Å². The van der Waals surface area contributed by atoms with Gasteiger partial charge >= 0.3 is 0 Å². The summed E-state index contributed by atoms with van der Waals surface area (Å²) in [6.45, 7) is 0.836. The standard InChI is InChI=1S/C15H20N2O2/c1-19-12-9-11(10-12)16-13-5-2-3-6-14(13)17-8-4-7-15(17)18/h2-3,5-6,11-12,16H,4,7-10H2,1H3. The second-order valence-corrected chi connectivity index (χ2v) is 5.34. The van der Waals surface area contributed by atoms with Crippen molar-refractivity contribution in [2.75, 3.05) is 23.9 Å². The minimum absolute atomic E-state index is 0.234. The van der Waals surface area contributed by atoms with Crippen LogP contribution in [-0.2, 0) is 9.53 Å². The Hall–Kier alpha value is -1.55. The lowest BCUT2D eigenvalue weighted by Gasteiger charge is -2.36. The number of carbonyl (C=O) groups excluding carboxylic acids is 1. The summed E-state index contributed by atoms with van der Waals surface area (Å²) in [6, 6.07) is 8.55. The van der Waals surface area contributed by atoms with Crippen molar-refractivity contribution in [2.45, 2.75) is 37.8 Å². The number of amides is 1. The van der Waals surface area contributed by atoms with Crippen LogP contribution >= 0.6 is 0 Å². The molecule has 1 N–H and O–H groups in total. The van der Waals surface area contributed by atoms with Crippen LogP contribution < -0.4 is 10.2 Å². The molecule has 0 atom stereocenters. The average Bonchev–Trinajstić information content (AvgIpc) is 2.80. The van der Waals surface area contributed by atoms with Crippen LogP contribution in [0.2, 0.25) is 0 Å². The van der Waals surface area contributed by atoms with Crippen LogP contribution in [0.3, 0.4) is 0 Å². The lowest BCUT2D eigenvalue weighted by molar-refractivity contribution is -0.117. The summed E-state index contributed by atoms with van der Waals surface area (Å²) in [5, 5.41) is 3.53. The van der Waals surface area contributed by atoms with Gasteiger partial charge in [-0.2, -0.15) is 0 Å². The molecule has 1 saturated heterocycles. The molecule has 1 aromatic rings. The number of anilines is 2. The van der Waals surface area contributed by atoms with Crippen molar-refractivity contribution in [1.82, 2.24) is 0 Å². The predicted octanol–water partition coefficient (Wildman–Crippen LogP) is 2.40. The Bertz CT molecular complexity index is 469. The van der Waals surface area contributed by atoms with E-state index in [0.717, 1.165) is 37.2 Å². The second-order valence-electron chi connectivity index (χ2n) is 5.34. The first-order valence-electron chi connectivity index (χ1n) is 6.96. The van der Waals surface area contributed by atoms with Gasteiger partial charge in [-0.05, 0) is 31.4 Å². The molecule has 19 heavy (non-hydrogen) atoms. The molecule has 2 aliphatic rings. The van der Waals surface area contributed by atoms with Crippen molar-refractivity contribution in [3.8, 4) is 0 Å². The van der Waals surface area contributed by atoms with Gasteiger partial charge in [-0.15, -0.1) is 0 Å². The number of carbonyl (C=O) groups is 1. The van der Waals surface area contributed by atoms with Crippen LogP contribution in [0.15, 0.2) is 24.3 Å². The number of benzene rings is 1. The Morgan fingerprint density at radius 2 is 2.11 bits per heavy atom. The van der Waals surface area contributed by atoms with Gasteiger partial charge < -0.3 is 15.0 Å². The summed E-state index contributed by atoms with van der Waals surface area (Å²) < 4.78 is 5.30. The normalized spacial score (nSPS) is 26.4. The highest BCUT2D eigenvalue weighted by molar-refractivity contribution is 5.98. The number of rotatable bonds is 4. The number of hydrogen-bond donors (Lipinski definition) is 1. The molecule has 1 amide bonds. The summed E-state index contributed by atoms with van der Waals surface area (Å²) >= 11 is 0. The van der Waals surface area contributed by atoms with Crippen molar-refractivity contribution in [3.63, 3.8) is 0 Å². The van der Waals surface area contributed by atoms with Crippen LogP contribution in [0.1, 0.15) is 25.7 Å². The zero-order valence-electron chi connectivity index (χ0n) is 11.3. The summed E-state index contributed by atoms with van der Waals surface area (Å²) in [7, 11) is 1.76. The maximum absolute atomic E-state index is 11.9. The van der Waals surface area contributed by atoms with Gasteiger partial charge in [0.1, 0.15) is 0 Å². The quantitative estimate of drug-likeness (QED) is 0.904. The third-order valence-electron chi connectivity index (χ3n) is 4.06. The molecule has 0 bridgehead atoms. The van der Waals surface area contributed by atoms with E-state index in [1.54, 1.807) is 7.11 Å². The smallest absolute Gasteiger partial charge is 0.227 e. The van der Waals surface area contributed by atoms with Crippen molar-refractivity contribution >= 4 is 17.3 Å². The molecule has 1 heterocycles. The maximum atomic E-state index is 11.9. The molecule has 3 rings (SSSR count). The van der Waals surface area contributed by atoms with Gasteiger partial charge in [0.15, 0.2) is 0 Å². The summed E-state index contributed by atoms with van der Waals surface area (Å²) in [5.74, 6) is 0.234. The van der Waals surface area contributed by atoms with Crippen LogP contribution in [0, 0.1) is 0 Å². The Morgan fingerprint density at radius 3 is 2.79 bits per heavy atom. The summed E-state index contributed by atoms with van der Waals surface area (Å²) in [5.41, 5.74) is 2.09. The highest BCUT2D eigenvalue weighted by Gasteiger charge is 2.30. The molecule has 0 radical (unpaired) electrons. The molecule has 1 aromatic carbocycles. The molecule has 1 aliphatic carbocycles. The van der Waals surface area contributed by atoms with E-state index in [1.165, 1.54) is 0 Å². The first-order chi connectivity index (χ1) is 9.28. The molecule has 0 aromatic heterocycles. The largest absolute Gasteiger partial charge is 0.381 e. The number of hydrogen-bond acceptors (Lipinski definition) is 3. The molecule has 1 saturated carbocycles. The molecular weight excluding hydrogens is 240 g/mol. The van der Waals surface area contributed by atoms with E-state index in [-0.39, 0.29) is 5.91 Å². The summed E-state index contributed by atoms with van der Waals surface area (Å²) in [6.07, 6.45) is 4.10. The fourth-order valence-electron chi connectivity index (χ4n) is 2.83. The van der Waals surface area contributed by atoms with E-state index >= 15 is 0 Å². The topological polar surface area (TPSA) is 41.6 Å². The van der Waals surface area contributed by atoms with Crippen molar-refractivity contribution in [3.05, 3.63) is 24.3 Å². The van der Waals surface area contributed by atoms with Crippen LogP contribution in [0.25, 0.3) is 0 Å². The van der Waals surface area contributed by atoms with Gasteiger partial charge in [-0.1, -0.05) is 12.1 Å². The number of methoxy groups -OCH3 is 1. The van der Waals surface area contributed by atoms with Gasteiger partial charge in [0.2, 0.25) is 5.91 Å². The Labute approximate surface area is 113 Å². The van der Waals surface area contributed by atoms with Gasteiger partial charge in [0.25, 0.3) is 0 Å². The number of nitrogens with zero attached hydrogens (tertiary/aromatic N) is 1. The molecule has 0 spiro atoms. The predicted molar refractivity (Wildman–Crippen MR) is 75.5 cm³/mol. The van der Waals surface area contributed by atoms with Crippen molar-refractivity contribution < 1.29 is 9.53 Å². The number of para-hydroxylation sites is 2. The number of ether oxygens (including phenoxy) is 1. The van der Waals surface area contributed by atoms with E-state index in [2.05, 4.69) is 11.4 Å². The zero-order chi connectivity index (χ0) is 13.2. The van der Waals surface area contributed by atoms with Crippen LogP contribution in [-0.4, -0.2) is 31.7 Å². The molecule has 0 unspecified atom stereocenters.